The molecule has 0 saturated carbocycles. The summed E-state index contributed by atoms with van der Waals surface area (Å²) >= 11 is 0. The van der Waals surface area contributed by atoms with Crippen LogP contribution in [0, 0.1) is 0 Å². The number of aromatic nitrogens is 2. The highest BCUT2D eigenvalue weighted by Gasteiger charge is 2.30. The highest BCUT2D eigenvalue weighted by atomic mass is 16.5. The number of nitrogens with zero attached hydrogens (tertiary/aromatic N) is 5. The lowest BCUT2D eigenvalue weighted by molar-refractivity contribution is -0.131. The smallest absolute Gasteiger partial charge is 0.366 e. The first-order valence-electron chi connectivity index (χ1n) is 17.8. The molecule has 0 unspecified atom stereocenters. The Balaban J connectivity index is 1.73. The van der Waals surface area contributed by atoms with Crippen molar-refractivity contribution in [3.8, 4) is 23.0 Å². The molecule has 2 amide bonds. The predicted molar refractivity (Wildman–Crippen MR) is 200 cm³/mol. The number of rotatable bonds is 19. The number of hydrogen-bond donors (Lipinski definition) is 3. The fourth-order valence-electron chi connectivity index (χ4n) is 6.06. The van der Waals surface area contributed by atoms with Crippen LogP contribution in [0.2, 0.25) is 0 Å². The molecule has 18 heteroatoms. The van der Waals surface area contributed by atoms with Crippen molar-refractivity contribution in [3.63, 3.8) is 0 Å². The maximum Gasteiger partial charge on any atom is 0.366 e. The Morgan fingerprint density at radius 2 is 1.69 bits per heavy atom. The number of ketones is 1. The van der Waals surface area contributed by atoms with Crippen LogP contribution in [0.15, 0.2) is 30.6 Å². The Morgan fingerprint density at radius 3 is 2.35 bits per heavy atom. The van der Waals surface area contributed by atoms with Crippen LogP contribution in [0.1, 0.15) is 50.9 Å². The van der Waals surface area contributed by atoms with E-state index >= 15 is 0 Å². The number of imidazole rings is 1. The highest BCUT2D eigenvalue weighted by molar-refractivity contribution is 6.13. The number of benzene rings is 2. The number of methoxy groups -OCH3 is 3. The average molecular weight is 770 g/mol. The van der Waals surface area contributed by atoms with Gasteiger partial charge in [0.1, 0.15) is 30.3 Å². The molecule has 0 bridgehead atoms. The van der Waals surface area contributed by atoms with Crippen molar-refractivity contribution < 1.29 is 52.7 Å². The Kier molecular flexibility index (Phi) is 15.8. The van der Waals surface area contributed by atoms with Gasteiger partial charge >= 0.3 is 12.0 Å². The first-order valence-corrected chi connectivity index (χ1v) is 17.8. The number of amides is 2. The molecule has 4 rings (SSSR count). The van der Waals surface area contributed by atoms with E-state index in [0.717, 1.165) is 35.1 Å². The molecular weight excluding hydrogens is 718 g/mol. The van der Waals surface area contributed by atoms with E-state index in [0.29, 0.717) is 63.0 Å². The average Bonchev–Trinajstić information content (AvgIpc) is 3.57. The SMILES string of the molecule is CCc1c(OC(=O)c2ncn(C(=O)N(C)N)c2N)cc(O)c(C(=O)c2ccc(OCCN3CCOCC3)c(OC)c2)c1CC(=O)N(CCCOC)CCOC. The lowest BCUT2D eigenvalue weighted by atomic mass is 9.89. The van der Waals surface area contributed by atoms with E-state index < -0.39 is 29.2 Å². The number of aromatic hydroxyl groups is 1. The molecule has 55 heavy (non-hydrogen) atoms. The quantitative estimate of drug-likeness (QED) is 0.0300. The number of anilines is 1. The zero-order chi connectivity index (χ0) is 40.1. The summed E-state index contributed by atoms with van der Waals surface area (Å²) in [5.41, 5.74) is 6.10. The summed E-state index contributed by atoms with van der Waals surface area (Å²) in [6.07, 6.45) is 1.40. The molecule has 3 aromatic rings. The van der Waals surface area contributed by atoms with E-state index in [9.17, 15) is 24.3 Å². The molecule has 1 fully saturated rings. The van der Waals surface area contributed by atoms with Crippen molar-refractivity contribution in [1.82, 2.24) is 24.4 Å². The first kappa shape index (κ1) is 42.5. The fraction of sp³-hybridized carbons (Fsp3) is 0.486. The molecule has 1 aliphatic rings. The van der Waals surface area contributed by atoms with Gasteiger partial charge in [0.25, 0.3) is 0 Å². The number of ether oxygens (including phenoxy) is 6. The molecule has 0 atom stereocenters. The van der Waals surface area contributed by atoms with Crippen LogP contribution in [0.5, 0.6) is 23.0 Å². The van der Waals surface area contributed by atoms with E-state index in [4.69, 9.17) is 40.0 Å². The summed E-state index contributed by atoms with van der Waals surface area (Å²) in [5.74, 6) is 3.22. The van der Waals surface area contributed by atoms with Gasteiger partial charge in [0, 0.05) is 72.2 Å². The van der Waals surface area contributed by atoms with Crippen LogP contribution in [0.3, 0.4) is 0 Å². The maximum atomic E-state index is 14.4. The van der Waals surface area contributed by atoms with Crippen molar-refractivity contribution in [2.45, 2.75) is 26.2 Å². The number of phenols is 1. The second-order valence-corrected chi connectivity index (χ2v) is 12.6. The number of esters is 1. The zero-order valence-electron chi connectivity index (χ0n) is 32.0. The number of nitrogen functional groups attached to an aromatic ring is 1. The van der Waals surface area contributed by atoms with Gasteiger partial charge in [-0.1, -0.05) is 6.92 Å². The molecule has 300 valence electrons. The summed E-state index contributed by atoms with van der Waals surface area (Å²) in [4.78, 5) is 61.9. The maximum absolute atomic E-state index is 14.4. The molecule has 1 aromatic heterocycles. The standard InChI is InChI=1S/C37H51N7O11/c1-6-25-26(21-31(46)43(14-16-51-4)10-7-15-50-3)32(27(45)22-29(25)55-36(48)33-35(38)44(23-40-33)37(49)41(2)39)34(47)24-8-9-28(30(20-24)52-5)54-19-13-42-11-17-53-18-12-42/h8-9,20,22-23,45H,6-7,10-19,21,38-39H2,1-5H3. The molecule has 18 nitrogen and oxygen atoms in total. The van der Waals surface area contributed by atoms with Crippen LogP contribution in [-0.2, 0) is 31.8 Å². The van der Waals surface area contributed by atoms with Gasteiger partial charge in [0.05, 0.1) is 38.9 Å². The number of nitrogens with two attached hydrogens (primary N) is 2. The van der Waals surface area contributed by atoms with Crippen molar-refractivity contribution >= 4 is 29.5 Å². The van der Waals surface area contributed by atoms with E-state index in [-0.39, 0.29) is 60.2 Å². The van der Waals surface area contributed by atoms with Crippen LogP contribution in [0.25, 0.3) is 0 Å². The number of carbonyl (C=O) groups is 4. The van der Waals surface area contributed by atoms with E-state index in [1.54, 1.807) is 31.1 Å². The summed E-state index contributed by atoms with van der Waals surface area (Å²) in [6, 6.07) is 5.04. The Labute approximate surface area is 319 Å². The van der Waals surface area contributed by atoms with Gasteiger partial charge in [-0.15, -0.1) is 0 Å². The number of carbonyl (C=O) groups excluding carboxylic acids is 4. The molecule has 0 radical (unpaired) electrons. The molecular formula is C37H51N7O11. The van der Waals surface area contributed by atoms with Gasteiger partial charge in [-0.25, -0.2) is 25.0 Å². The van der Waals surface area contributed by atoms with Crippen LogP contribution in [0.4, 0.5) is 10.6 Å². The molecule has 1 aliphatic heterocycles. The lowest BCUT2D eigenvalue weighted by Crippen LogP contribution is -2.38. The topological polar surface area (TPSA) is 223 Å². The van der Waals surface area contributed by atoms with Gasteiger partial charge in [-0.05, 0) is 42.2 Å². The fourth-order valence-corrected chi connectivity index (χ4v) is 6.06. The molecule has 0 spiro atoms. The normalized spacial score (nSPS) is 13.0. The van der Waals surface area contributed by atoms with Gasteiger partial charge in [0.2, 0.25) is 5.91 Å². The van der Waals surface area contributed by atoms with Crippen LogP contribution >= 0.6 is 0 Å². The summed E-state index contributed by atoms with van der Waals surface area (Å²) in [7, 11) is 5.83. The van der Waals surface area contributed by atoms with Crippen molar-refractivity contribution in [3.05, 3.63) is 58.5 Å². The Hall–Kier alpha value is -5.27. The summed E-state index contributed by atoms with van der Waals surface area (Å²) in [5, 5.41) is 12.3. The Bertz CT molecular complexity index is 1810. The molecule has 2 heterocycles. The monoisotopic (exact) mass is 769 g/mol. The van der Waals surface area contributed by atoms with Gasteiger partial charge in [-0.3, -0.25) is 19.5 Å². The summed E-state index contributed by atoms with van der Waals surface area (Å²) in [6.45, 7) is 7.02. The summed E-state index contributed by atoms with van der Waals surface area (Å²) < 4.78 is 34.0. The number of hydrazine groups is 1. The van der Waals surface area contributed by atoms with E-state index in [1.807, 2.05) is 0 Å². The minimum absolute atomic E-state index is 0.134. The minimum atomic E-state index is -1.05. The van der Waals surface area contributed by atoms with E-state index in [2.05, 4.69) is 9.88 Å². The Morgan fingerprint density at radius 1 is 0.964 bits per heavy atom. The van der Waals surface area contributed by atoms with Gasteiger partial charge < -0.3 is 44.2 Å². The van der Waals surface area contributed by atoms with Crippen LogP contribution < -0.4 is 25.8 Å². The van der Waals surface area contributed by atoms with Crippen molar-refractivity contribution in [1.29, 1.82) is 0 Å². The number of hydrogen-bond acceptors (Lipinski definition) is 15. The largest absolute Gasteiger partial charge is 0.507 e. The minimum Gasteiger partial charge on any atom is -0.507 e. The van der Waals surface area contributed by atoms with Crippen LogP contribution in [-0.4, -0.2) is 147 Å². The third kappa shape index (κ3) is 10.7. The second kappa shape index (κ2) is 20.4. The molecule has 5 N–H and O–H groups in total. The van der Waals surface area contributed by atoms with Crippen molar-refractivity contribution in [2.24, 2.45) is 5.84 Å². The third-order valence-corrected chi connectivity index (χ3v) is 8.99. The van der Waals surface area contributed by atoms with Crippen molar-refractivity contribution in [2.75, 3.05) is 99.9 Å². The zero-order valence-corrected chi connectivity index (χ0v) is 32.0. The molecule has 1 saturated heterocycles. The third-order valence-electron chi connectivity index (χ3n) is 8.99. The molecule has 2 aromatic carbocycles. The predicted octanol–water partition coefficient (Wildman–Crippen LogP) is 1.73. The number of phenolic OH excluding ortho intramolecular Hbond substituents is 1. The first-order chi connectivity index (χ1) is 26.4. The number of morpholine rings is 1. The highest BCUT2D eigenvalue weighted by Crippen LogP contribution is 2.38. The second-order valence-electron chi connectivity index (χ2n) is 12.6. The van der Waals surface area contributed by atoms with Gasteiger partial charge in [-0.2, -0.15) is 0 Å². The van der Waals surface area contributed by atoms with E-state index in [1.165, 1.54) is 27.3 Å². The van der Waals surface area contributed by atoms with Gasteiger partial charge in [0.15, 0.2) is 23.0 Å². The molecule has 0 aliphatic carbocycles. The lowest BCUT2D eigenvalue weighted by Gasteiger charge is -2.26.